The van der Waals surface area contributed by atoms with Crippen LogP contribution in [0.25, 0.3) is 0 Å². The van der Waals surface area contributed by atoms with Crippen molar-refractivity contribution in [1.29, 1.82) is 0 Å². The van der Waals surface area contributed by atoms with Crippen molar-refractivity contribution in [2.75, 3.05) is 17.5 Å². The topological polar surface area (TPSA) is 55.8 Å². The zero-order valence-electron chi connectivity index (χ0n) is 18.6. The van der Waals surface area contributed by atoms with Gasteiger partial charge in [0.1, 0.15) is 18.5 Å². The predicted molar refractivity (Wildman–Crippen MR) is 115 cm³/mol. The zero-order valence-corrected chi connectivity index (χ0v) is 19.4. The number of ether oxygens (including phenoxy) is 2. The summed E-state index contributed by atoms with van der Waals surface area (Å²) in [5, 5.41) is 0. The largest absolute Gasteiger partial charge is 0.489 e. The molecule has 0 radical (unpaired) electrons. The molecular weight excluding hydrogens is 500 g/mol. The number of alkyl halides is 6. The molecule has 1 fully saturated rings. The van der Waals surface area contributed by atoms with Crippen molar-refractivity contribution in [3.8, 4) is 5.75 Å². The first-order chi connectivity index (χ1) is 16.4. The Morgan fingerprint density at radius 3 is 2.54 bits per heavy atom. The van der Waals surface area contributed by atoms with E-state index < -0.39 is 57.0 Å². The lowest BCUT2D eigenvalue weighted by Gasteiger charge is -2.34. The summed E-state index contributed by atoms with van der Waals surface area (Å²) in [6.07, 6.45) is -7.11. The zero-order chi connectivity index (χ0) is 25.5. The quantitative estimate of drug-likeness (QED) is 0.464. The van der Waals surface area contributed by atoms with Crippen LogP contribution in [-0.2, 0) is 20.9 Å². The van der Waals surface area contributed by atoms with E-state index in [0.717, 1.165) is 29.4 Å². The van der Waals surface area contributed by atoms with Crippen molar-refractivity contribution in [3.05, 3.63) is 53.1 Å². The summed E-state index contributed by atoms with van der Waals surface area (Å²) in [6, 6.07) is 7.53. The molecule has 35 heavy (non-hydrogen) atoms. The molecule has 5 nitrogen and oxygen atoms in total. The van der Waals surface area contributed by atoms with Gasteiger partial charge < -0.3 is 9.47 Å². The van der Waals surface area contributed by atoms with Crippen LogP contribution in [0.3, 0.4) is 0 Å². The van der Waals surface area contributed by atoms with E-state index in [9.17, 15) is 34.8 Å². The third kappa shape index (κ3) is 5.23. The van der Waals surface area contributed by atoms with Gasteiger partial charge in [0.25, 0.3) is 10.0 Å². The molecule has 0 saturated heterocycles. The molecule has 2 aromatic rings. The van der Waals surface area contributed by atoms with Gasteiger partial charge in [-0.25, -0.2) is 12.8 Å². The maximum atomic E-state index is 14.3. The van der Waals surface area contributed by atoms with Crippen LogP contribution in [0, 0.1) is 6.92 Å². The van der Waals surface area contributed by atoms with E-state index in [1.807, 2.05) is 0 Å². The summed E-state index contributed by atoms with van der Waals surface area (Å²) in [7, 11) is -4.42. The number of sulfonamides is 1. The predicted octanol–water partition coefficient (Wildman–Crippen LogP) is 5.81. The van der Waals surface area contributed by atoms with Crippen LogP contribution in [0.15, 0.2) is 41.3 Å². The molecule has 2 aromatic carbocycles. The third-order valence-corrected chi connectivity index (χ3v) is 8.29. The van der Waals surface area contributed by atoms with Gasteiger partial charge in [0.2, 0.25) is 0 Å². The monoisotopic (exact) mass is 523 g/mol. The van der Waals surface area contributed by atoms with Crippen molar-refractivity contribution in [2.45, 2.75) is 62.1 Å². The Hall–Kier alpha value is -2.47. The maximum Gasteiger partial charge on any atom is 0.416 e. The highest BCUT2D eigenvalue weighted by atomic mass is 32.2. The number of hydrogen-bond acceptors (Lipinski definition) is 4. The van der Waals surface area contributed by atoms with Gasteiger partial charge in [-0.2, -0.15) is 22.0 Å². The molecule has 3 unspecified atom stereocenters. The van der Waals surface area contributed by atoms with E-state index in [4.69, 9.17) is 4.74 Å². The highest BCUT2D eigenvalue weighted by Crippen LogP contribution is 2.43. The minimum atomic E-state index is -4.73. The van der Waals surface area contributed by atoms with Crippen molar-refractivity contribution in [2.24, 2.45) is 0 Å². The molecule has 1 aliphatic heterocycles. The summed E-state index contributed by atoms with van der Waals surface area (Å²) in [5.41, 5.74) is -0.885. The highest BCUT2D eigenvalue weighted by Gasteiger charge is 2.38. The second kappa shape index (κ2) is 9.53. The maximum absolute atomic E-state index is 14.3. The molecule has 1 aliphatic carbocycles. The molecule has 12 heteroatoms. The first-order valence-corrected chi connectivity index (χ1v) is 12.4. The van der Waals surface area contributed by atoms with Crippen LogP contribution >= 0.6 is 0 Å². The lowest BCUT2D eigenvalue weighted by molar-refractivity contribution is -0.175. The Labute approximate surface area is 198 Å². The minimum Gasteiger partial charge on any atom is -0.489 e. The number of rotatable bonds is 5. The van der Waals surface area contributed by atoms with Gasteiger partial charge >= 0.3 is 12.8 Å². The van der Waals surface area contributed by atoms with Gasteiger partial charge in [0.05, 0.1) is 28.8 Å². The number of nitrogens with zero attached hydrogens (tertiary/aromatic N) is 1. The Morgan fingerprint density at radius 2 is 1.86 bits per heavy atom. The van der Waals surface area contributed by atoms with E-state index in [1.54, 1.807) is 6.07 Å². The van der Waals surface area contributed by atoms with Crippen LogP contribution in [-0.4, -0.2) is 40.5 Å². The Morgan fingerprint density at radius 1 is 1.11 bits per heavy atom. The first kappa shape index (κ1) is 25.6. The van der Waals surface area contributed by atoms with Crippen LogP contribution in [0.1, 0.15) is 41.9 Å². The SMILES string of the molecule is Cc1c(C(F)(F)F)cccc1S(=O)(=O)N1CCOc2ccc(C3CC(F)CC(OC(F)F)C3)cc21. The number of fused-ring (bicyclic) bond motifs is 1. The van der Waals surface area contributed by atoms with Gasteiger partial charge in [-0.05, 0) is 61.1 Å². The van der Waals surface area contributed by atoms with E-state index in [2.05, 4.69) is 4.74 Å². The second-order valence-electron chi connectivity index (χ2n) is 8.60. The molecule has 3 atom stereocenters. The van der Waals surface area contributed by atoms with E-state index >= 15 is 0 Å². The molecule has 192 valence electrons. The minimum absolute atomic E-state index is 0.0239. The van der Waals surface area contributed by atoms with Gasteiger partial charge in [0.15, 0.2) is 0 Å². The summed E-state index contributed by atoms with van der Waals surface area (Å²) < 4.78 is 118. The number of halogens is 6. The molecule has 0 amide bonds. The summed E-state index contributed by atoms with van der Waals surface area (Å²) >= 11 is 0. The van der Waals surface area contributed by atoms with Crippen LogP contribution in [0.4, 0.5) is 32.0 Å². The van der Waals surface area contributed by atoms with Gasteiger partial charge in [0, 0.05) is 6.42 Å². The summed E-state index contributed by atoms with van der Waals surface area (Å²) in [5.74, 6) is -0.323. The number of hydrogen-bond donors (Lipinski definition) is 0. The molecule has 0 spiro atoms. The smallest absolute Gasteiger partial charge is 0.416 e. The Bertz CT molecular complexity index is 1190. The fourth-order valence-electron chi connectivity index (χ4n) is 4.76. The van der Waals surface area contributed by atoms with E-state index in [0.29, 0.717) is 5.56 Å². The average Bonchev–Trinajstić information content (AvgIpc) is 2.76. The van der Waals surface area contributed by atoms with E-state index in [1.165, 1.54) is 12.1 Å². The van der Waals surface area contributed by atoms with Crippen molar-refractivity contribution in [1.82, 2.24) is 0 Å². The Kier molecular flexibility index (Phi) is 6.98. The highest BCUT2D eigenvalue weighted by molar-refractivity contribution is 7.92. The average molecular weight is 523 g/mol. The van der Waals surface area contributed by atoms with Crippen molar-refractivity contribution < 1.29 is 44.2 Å². The molecule has 1 saturated carbocycles. The van der Waals surface area contributed by atoms with Crippen LogP contribution < -0.4 is 9.04 Å². The van der Waals surface area contributed by atoms with Crippen LogP contribution in [0.2, 0.25) is 0 Å². The first-order valence-electron chi connectivity index (χ1n) is 10.9. The standard InChI is InChI=1S/C23H23F6NO4S/c1-13-18(23(27,28)29)3-2-4-21(13)35(31,32)30-7-8-33-20-6-5-14(11-19(20)30)15-9-16(24)12-17(10-15)34-22(25)26/h2-6,11,15-17,22H,7-10,12H2,1H3. The molecule has 0 N–H and O–H groups in total. The molecule has 0 aromatic heterocycles. The molecule has 2 aliphatic rings. The van der Waals surface area contributed by atoms with E-state index in [-0.39, 0.29) is 43.9 Å². The molecule has 0 bridgehead atoms. The number of anilines is 1. The summed E-state index contributed by atoms with van der Waals surface area (Å²) in [4.78, 5) is -0.488. The number of benzene rings is 2. The van der Waals surface area contributed by atoms with Crippen molar-refractivity contribution >= 4 is 15.7 Å². The lowest BCUT2D eigenvalue weighted by Crippen LogP contribution is -2.38. The lowest BCUT2D eigenvalue weighted by atomic mass is 9.81. The van der Waals surface area contributed by atoms with Crippen LogP contribution in [0.5, 0.6) is 5.75 Å². The molecular formula is C23H23F6NO4S. The molecule has 1 heterocycles. The normalized spacial score (nSPS) is 23.2. The third-order valence-electron chi connectivity index (χ3n) is 6.33. The van der Waals surface area contributed by atoms with Gasteiger partial charge in [-0.3, -0.25) is 4.31 Å². The fraction of sp³-hybridized carbons (Fsp3) is 0.478. The Balaban J connectivity index is 1.71. The van der Waals surface area contributed by atoms with Crippen molar-refractivity contribution in [3.63, 3.8) is 0 Å². The summed E-state index contributed by atoms with van der Waals surface area (Å²) in [6.45, 7) is -2.12. The second-order valence-corrected chi connectivity index (χ2v) is 10.4. The van der Waals surface area contributed by atoms with Gasteiger partial charge in [-0.1, -0.05) is 12.1 Å². The van der Waals surface area contributed by atoms with Gasteiger partial charge in [-0.15, -0.1) is 0 Å². The fourth-order valence-corrected chi connectivity index (χ4v) is 6.46. The molecule has 4 rings (SSSR count).